The van der Waals surface area contributed by atoms with E-state index in [1.54, 1.807) is 6.08 Å². The molecule has 0 bridgehead atoms. The van der Waals surface area contributed by atoms with Gasteiger partial charge in [-0.25, -0.2) is 0 Å². The molecule has 12 unspecified atom stereocenters. The summed E-state index contributed by atoms with van der Waals surface area (Å²) in [7, 11) is 0. The lowest BCUT2D eigenvalue weighted by molar-refractivity contribution is -0.359. The molecule has 1 amide bonds. The van der Waals surface area contributed by atoms with Crippen LogP contribution in [0.5, 0.6) is 0 Å². The number of aliphatic hydroxyl groups is 8. The first-order valence-electron chi connectivity index (χ1n) is 30.0. The van der Waals surface area contributed by atoms with Gasteiger partial charge in [0.05, 0.1) is 32.0 Å². The van der Waals surface area contributed by atoms with Crippen molar-refractivity contribution in [2.24, 2.45) is 0 Å². The number of unbranched alkanes of at least 4 members (excludes halogenated alkanes) is 26. The number of nitrogens with one attached hydrogen (secondary N) is 1. The Morgan fingerprint density at radius 3 is 1.44 bits per heavy atom. The molecule has 0 radical (unpaired) electrons. The first kappa shape index (κ1) is 68.8. The number of rotatable bonds is 47. The first-order valence-corrected chi connectivity index (χ1v) is 30.0. The maximum atomic E-state index is 13.2. The number of hydrogen-bond acceptors (Lipinski definition) is 13. The molecule has 2 rings (SSSR count). The summed E-state index contributed by atoms with van der Waals surface area (Å²) >= 11 is 0. The van der Waals surface area contributed by atoms with Crippen LogP contribution in [0.4, 0.5) is 0 Å². The van der Waals surface area contributed by atoms with Gasteiger partial charge in [-0.05, 0) is 70.6 Å². The lowest BCUT2D eigenvalue weighted by atomic mass is 9.97. The SMILES string of the molecule is CC/C=C/CC/C=C/CC/C=C/C(O)C(COC1OC(CO)C(OC2OC(CO)C(O)C(O)C2O)C(O)C1O)NC(=O)CCCCCCCCCCCCCCCCCCCCC/C=C\C/C=C\CCCCCCC. The summed E-state index contributed by atoms with van der Waals surface area (Å²) in [5, 5.41) is 86.8. The maximum absolute atomic E-state index is 13.2. The molecule has 2 fully saturated rings. The average molecular weight is 1060 g/mol. The summed E-state index contributed by atoms with van der Waals surface area (Å²) in [5.74, 6) is -0.255. The highest BCUT2D eigenvalue weighted by atomic mass is 16.7. The molecule has 14 nitrogen and oxygen atoms in total. The predicted molar refractivity (Wildman–Crippen MR) is 300 cm³/mol. The van der Waals surface area contributed by atoms with Gasteiger partial charge in [0.2, 0.25) is 5.91 Å². The Kier molecular flexibility index (Phi) is 42.7. The summed E-state index contributed by atoms with van der Waals surface area (Å²) in [4.78, 5) is 13.2. The highest BCUT2D eigenvalue weighted by molar-refractivity contribution is 5.76. The molecular weight excluding hydrogens is 955 g/mol. The molecule has 436 valence electrons. The van der Waals surface area contributed by atoms with Gasteiger partial charge >= 0.3 is 0 Å². The van der Waals surface area contributed by atoms with Gasteiger partial charge in [-0.2, -0.15) is 0 Å². The zero-order valence-electron chi connectivity index (χ0n) is 46.8. The minimum atomic E-state index is -1.79. The Morgan fingerprint density at radius 2 is 0.933 bits per heavy atom. The highest BCUT2D eigenvalue weighted by Crippen LogP contribution is 2.30. The number of aliphatic hydroxyl groups excluding tert-OH is 8. The second kappa shape index (κ2) is 46.6. The van der Waals surface area contributed by atoms with Crippen molar-refractivity contribution in [1.29, 1.82) is 0 Å². The summed E-state index contributed by atoms with van der Waals surface area (Å²) in [6.45, 7) is 2.63. The first-order chi connectivity index (χ1) is 36.6. The molecular formula is C61H109NO13. The van der Waals surface area contributed by atoms with E-state index in [0.29, 0.717) is 12.8 Å². The van der Waals surface area contributed by atoms with Crippen molar-refractivity contribution in [1.82, 2.24) is 5.32 Å². The van der Waals surface area contributed by atoms with Crippen LogP contribution in [0.25, 0.3) is 0 Å². The molecule has 2 aliphatic heterocycles. The van der Waals surface area contributed by atoms with Gasteiger partial charge in [0.15, 0.2) is 12.6 Å². The minimum Gasteiger partial charge on any atom is -0.394 e. The fourth-order valence-electron chi connectivity index (χ4n) is 9.60. The number of allylic oxidation sites excluding steroid dienone is 9. The molecule has 0 spiro atoms. The minimum absolute atomic E-state index is 0.255. The van der Waals surface area contributed by atoms with E-state index in [9.17, 15) is 45.6 Å². The van der Waals surface area contributed by atoms with Gasteiger partial charge in [0.25, 0.3) is 0 Å². The summed E-state index contributed by atoms with van der Waals surface area (Å²) in [5.41, 5.74) is 0. The van der Waals surface area contributed by atoms with E-state index < -0.39 is 86.8 Å². The Hall–Kier alpha value is -2.31. The van der Waals surface area contributed by atoms with Crippen molar-refractivity contribution in [3.63, 3.8) is 0 Å². The number of carbonyl (C=O) groups excluding carboxylic acids is 1. The van der Waals surface area contributed by atoms with Crippen molar-refractivity contribution in [2.75, 3.05) is 19.8 Å². The van der Waals surface area contributed by atoms with E-state index in [2.05, 4.69) is 67.8 Å². The van der Waals surface area contributed by atoms with Crippen LogP contribution < -0.4 is 5.32 Å². The van der Waals surface area contributed by atoms with Crippen LogP contribution in [-0.2, 0) is 23.7 Å². The van der Waals surface area contributed by atoms with Crippen LogP contribution in [0.15, 0.2) is 60.8 Å². The zero-order valence-corrected chi connectivity index (χ0v) is 46.8. The third-order valence-electron chi connectivity index (χ3n) is 14.4. The van der Waals surface area contributed by atoms with E-state index in [0.717, 1.165) is 51.4 Å². The summed E-state index contributed by atoms with van der Waals surface area (Å²) in [6.07, 6.45) is 43.1. The molecule has 0 aromatic carbocycles. The third kappa shape index (κ3) is 32.4. The molecule has 2 heterocycles. The van der Waals surface area contributed by atoms with Crippen molar-refractivity contribution < 1.29 is 64.6 Å². The monoisotopic (exact) mass is 1060 g/mol. The van der Waals surface area contributed by atoms with Crippen LogP contribution in [-0.4, -0.2) is 140 Å². The van der Waals surface area contributed by atoms with E-state index in [4.69, 9.17) is 18.9 Å². The van der Waals surface area contributed by atoms with Gasteiger partial charge in [0.1, 0.15) is 48.8 Å². The molecule has 2 saturated heterocycles. The van der Waals surface area contributed by atoms with Crippen LogP contribution >= 0.6 is 0 Å². The molecule has 0 saturated carbocycles. The zero-order chi connectivity index (χ0) is 54.6. The van der Waals surface area contributed by atoms with Crippen LogP contribution in [0, 0.1) is 0 Å². The molecule has 9 N–H and O–H groups in total. The van der Waals surface area contributed by atoms with E-state index in [1.807, 2.05) is 6.08 Å². The molecule has 75 heavy (non-hydrogen) atoms. The molecule has 0 aromatic heterocycles. The molecule has 14 heteroatoms. The Morgan fingerprint density at radius 1 is 0.493 bits per heavy atom. The molecule has 12 atom stereocenters. The Balaban J connectivity index is 1.63. The van der Waals surface area contributed by atoms with Gasteiger partial charge in [0, 0.05) is 6.42 Å². The standard InChI is InChI=1S/C61H109NO13/c1-3-5-7-9-11-13-15-16-17-18-19-20-21-22-23-24-25-26-27-28-29-30-31-32-33-34-35-37-39-41-43-45-53(66)62-49(50(65)44-42-40-38-36-14-12-10-8-6-4-2)48-72-60-58(71)56(69)59(52(47-64)74-60)75-61-57(70)55(68)54(67)51(46-63)73-61/h6,8,14-16,18-19,36,42,44,49-52,54-61,63-65,67-71H,3-5,7,9-13,17,20-35,37-41,43,45-48H2,1-2H3,(H,62,66)/b8-6+,16-15-,19-18-,36-14+,44-42+. The van der Waals surface area contributed by atoms with Crippen LogP contribution in [0.3, 0.4) is 0 Å². The number of carbonyl (C=O) groups is 1. The predicted octanol–water partition coefficient (Wildman–Crippen LogP) is 10.2. The average Bonchev–Trinajstić information content (AvgIpc) is 3.41. The van der Waals surface area contributed by atoms with Crippen molar-refractivity contribution in [3.05, 3.63) is 60.8 Å². The normalized spacial score (nSPS) is 25.5. The Labute approximate surface area is 454 Å². The summed E-state index contributed by atoms with van der Waals surface area (Å²) < 4.78 is 22.7. The summed E-state index contributed by atoms with van der Waals surface area (Å²) in [6, 6.07) is -0.936. The smallest absolute Gasteiger partial charge is 0.220 e. The second-order valence-corrected chi connectivity index (χ2v) is 21.1. The highest BCUT2D eigenvalue weighted by Gasteiger charge is 2.51. The van der Waals surface area contributed by atoms with Crippen molar-refractivity contribution in [2.45, 2.75) is 299 Å². The second-order valence-electron chi connectivity index (χ2n) is 21.1. The molecule has 2 aliphatic rings. The lowest BCUT2D eigenvalue weighted by Gasteiger charge is -2.46. The van der Waals surface area contributed by atoms with E-state index in [-0.39, 0.29) is 18.9 Å². The molecule has 0 aromatic rings. The van der Waals surface area contributed by atoms with E-state index >= 15 is 0 Å². The third-order valence-corrected chi connectivity index (χ3v) is 14.4. The number of hydrogen-bond donors (Lipinski definition) is 9. The fourth-order valence-corrected chi connectivity index (χ4v) is 9.60. The van der Waals surface area contributed by atoms with Crippen LogP contribution in [0.2, 0.25) is 0 Å². The van der Waals surface area contributed by atoms with Gasteiger partial charge in [-0.3, -0.25) is 4.79 Å². The van der Waals surface area contributed by atoms with Gasteiger partial charge < -0.3 is 65.1 Å². The topological polar surface area (TPSA) is 228 Å². The van der Waals surface area contributed by atoms with Crippen molar-refractivity contribution >= 4 is 5.91 Å². The van der Waals surface area contributed by atoms with Crippen LogP contribution in [0.1, 0.15) is 226 Å². The number of ether oxygens (including phenoxy) is 4. The fraction of sp³-hybridized carbons (Fsp3) is 0.820. The Bertz CT molecular complexity index is 1490. The van der Waals surface area contributed by atoms with Gasteiger partial charge in [-0.15, -0.1) is 0 Å². The lowest BCUT2D eigenvalue weighted by Crippen LogP contribution is -2.65. The molecule has 0 aliphatic carbocycles. The van der Waals surface area contributed by atoms with Crippen molar-refractivity contribution in [3.8, 4) is 0 Å². The quantitative estimate of drug-likeness (QED) is 0.0204. The largest absolute Gasteiger partial charge is 0.394 e. The maximum Gasteiger partial charge on any atom is 0.220 e. The number of amides is 1. The van der Waals surface area contributed by atoms with E-state index in [1.165, 1.54) is 141 Å². The van der Waals surface area contributed by atoms with Gasteiger partial charge in [-0.1, -0.05) is 209 Å².